The summed E-state index contributed by atoms with van der Waals surface area (Å²) >= 11 is 0. The van der Waals surface area contributed by atoms with Crippen molar-refractivity contribution in [2.24, 2.45) is 0 Å². The average molecular weight is 197 g/mol. The lowest BCUT2D eigenvalue weighted by molar-refractivity contribution is 0.0854. The molecule has 0 fully saturated rings. The molecule has 1 unspecified atom stereocenters. The van der Waals surface area contributed by atoms with Crippen LogP contribution in [0.15, 0.2) is 18.5 Å². The molecular formula is C11H16FNO. The van der Waals surface area contributed by atoms with Crippen molar-refractivity contribution in [3.63, 3.8) is 0 Å². The Labute approximate surface area is 84.1 Å². The molecule has 1 aromatic heterocycles. The number of hydrogen-bond donors (Lipinski definition) is 0. The Morgan fingerprint density at radius 1 is 1.36 bits per heavy atom. The Hall–Kier alpha value is -1.12. The first-order valence-electron chi connectivity index (χ1n) is 4.66. The summed E-state index contributed by atoms with van der Waals surface area (Å²) < 4.78 is 17.5. The van der Waals surface area contributed by atoms with Crippen LogP contribution < -0.4 is 4.74 Å². The van der Waals surface area contributed by atoms with Crippen molar-refractivity contribution >= 4 is 0 Å². The molecule has 0 amide bonds. The van der Waals surface area contributed by atoms with Crippen molar-refractivity contribution in [3.8, 4) is 5.75 Å². The van der Waals surface area contributed by atoms with Gasteiger partial charge in [0, 0.05) is 13.1 Å². The molecule has 0 saturated heterocycles. The summed E-state index contributed by atoms with van der Waals surface area (Å²) in [5, 5.41) is 0. The molecule has 0 bridgehead atoms. The molecule has 0 aliphatic heterocycles. The molecule has 1 aromatic rings. The zero-order valence-corrected chi connectivity index (χ0v) is 9.04. The number of rotatable bonds is 2. The van der Waals surface area contributed by atoms with Gasteiger partial charge in [0.05, 0.1) is 6.20 Å². The van der Waals surface area contributed by atoms with Crippen molar-refractivity contribution in [1.29, 1.82) is 0 Å². The SMILES string of the molecule is CC(F)Oc1cncc(C(C)(C)C)c1. The maximum absolute atomic E-state index is 12.6. The van der Waals surface area contributed by atoms with E-state index < -0.39 is 6.36 Å². The zero-order chi connectivity index (χ0) is 10.8. The third kappa shape index (κ3) is 2.98. The van der Waals surface area contributed by atoms with Gasteiger partial charge in [-0.25, -0.2) is 4.39 Å². The van der Waals surface area contributed by atoms with Gasteiger partial charge in [-0.3, -0.25) is 4.98 Å². The summed E-state index contributed by atoms with van der Waals surface area (Å²) in [6.07, 6.45) is 1.99. The van der Waals surface area contributed by atoms with Crippen LogP contribution in [-0.2, 0) is 5.41 Å². The van der Waals surface area contributed by atoms with E-state index in [0.29, 0.717) is 5.75 Å². The highest BCUT2D eigenvalue weighted by Gasteiger charge is 2.15. The van der Waals surface area contributed by atoms with Gasteiger partial charge in [0.1, 0.15) is 5.75 Å². The van der Waals surface area contributed by atoms with Crippen LogP contribution in [0.25, 0.3) is 0 Å². The van der Waals surface area contributed by atoms with E-state index in [-0.39, 0.29) is 5.41 Å². The van der Waals surface area contributed by atoms with Gasteiger partial charge in [-0.1, -0.05) is 20.8 Å². The van der Waals surface area contributed by atoms with Crippen molar-refractivity contribution < 1.29 is 9.13 Å². The Morgan fingerprint density at radius 3 is 2.50 bits per heavy atom. The molecule has 0 spiro atoms. The fourth-order valence-electron chi connectivity index (χ4n) is 1.08. The Kier molecular flexibility index (Phi) is 3.09. The molecule has 0 radical (unpaired) electrons. The van der Waals surface area contributed by atoms with Crippen molar-refractivity contribution in [3.05, 3.63) is 24.0 Å². The minimum Gasteiger partial charge on any atom is -0.459 e. The lowest BCUT2D eigenvalue weighted by Gasteiger charge is -2.19. The standard InChI is InChI=1S/C11H16FNO/c1-8(12)14-10-5-9(6-13-7-10)11(2,3)4/h5-8H,1-4H3. The number of ether oxygens (including phenoxy) is 1. The van der Waals surface area contributed by atoms with Gasteiger partial charge in [0.25, 0.3) is 0 Å². The summed E-state index contributed by atoms with van der Waals surface area (Å²) in [5.74, 6) is 0.479. The third-order valence-corrected chi connectivity index (χ3v) is 1.88. The predicted octanol–water partition coefficient (Wildman–Crippen LogP) is 3.07. The highest BCUT2D eigenvalue weighted by atomic mass is 19.1. The topological polar surface area (TPSA) is 22.1 Å². The maximum atomic E-state index is 12.6. The molecule has 2 nitrogen and oxygen atoms in total. The van der Waals surface area contributed by atoms with Gasteiger partial charge in [0.2, 0.25) is 6.36 Å². The quantitative estimate of drug-likeness (QED) is 0.726. The summed E-state index contributed by atoms with van der Waals surface area (Å²) in [6.45, 7) is 7.58. The van der Waals surface area contributed by atoms with E-state index in [0.717, 1.165) is 5.56 Å². The van der Waals surface area contributed by atoms with Crippen LogP contribution in [0.2, 0.25) is 0 Å². The molecule has 0 N–H and O–H groups in total. The molecule has 3 heteroatoms. The molecule has 1 heterocycles. The van der Waals surface area contributed by atoms with Crippen LogP contribution in [0, 0.1) is 0 Å². The van der Waals surface area contributed by atoms with Gasteiger partial charge in [-0.2, -0.15) is 0 Å². The smallest absolute Gasteiger partial charge is 0.235 e. The number of aromatic nitrogens is 1. The Balaban J connectivity index is 2.90. The maximum Gasteiger partial charge on any atom is 0.235 e. The Bertz CT molecular complexity index is 304. The highest BCUT2D eigenvalue weighted by Crippen LogP contribution is 2.24. The number of halogens is 1. The van der Waals surface area contributed by atoms with Crippen molar-refractivity contribution in [1.82, 2.24) is 4.98 Å². The van der Waals surface area contributed by atoms with Crippen LogP contribution in [0.4, 0.5) is 4.39 Å². The fraction of sp³-hybridized carbons (Fsp3) is 0.545. The molecule has 0 aliphatic rings. The number of hydrogen-bond acceptors (Lipinski definition) is 2. The van der Waals surface area contributed by atoms with Crippen LogP contribution in [-0.4, -0.2) is 11.3 Å². The zero-order valence-electron chi connectivity index (χ0n) is 9.04. The summed E-state index contributed by atoms with van der Waals surface area (Å²) in [6, 6.07) is 1.82. The van der Waals surface area contributed by atoms with Gasteiger partial charge in [-0.05, 0) is 17.0 Å². The predicted molar refractivity (Wildman–Crippen MR) is 54.1 cm³/mol. The molecule has 1 rings (SSSR count). The highest BCUT2D eigenvalue weighted by molar-refractivity contribution is 5.28. The van der Waals surface area contributed by atoms with E-state index >= 15 is 0 Å². The molecule has 0 aliphatic carbocycles. The van der Waals surface area contributed by atoms with Gasteiger partial charge >= 0.3 is 0 Å². The molecule has 1 atom stereocenters. The van der Waals surface area contributed by atoms with Crippen LogP contribution in [0.5, 0.6) is 5.75 Å². The van der Waals surface area contributed by atoms with E-state index in [9.17, 15) is 4.39 Å². The van der Waals surface area contributed by atoms with E-state index in [1.807, 2.05) is 6.07 Å². The fourth-order valence-corrected chi connectivity index (χ4v) is 1.08. The molecule has 78 valence electrons. The molecular weight excluding hydrogens is 181 g/mol. The Morgan fingerprint density at radius 2 is 2.00 bits per heavy atom. The number of nitrogens with zero attached hydrogens (tertiary/aromatic N) is 1. The summed E-state index contributed by atoms with van der Waals surface area (Å²) in [4.78, 5) is 4.01. The average Bonchev–Trinajstić information content (AvgIpc) is 2.01. The van der Waals surface area contributed by atoms with Gasteiger partial charge in [0.15, 0.2) is 0 Å². The van der Waals surface area contributed by atoms with Gasteiger partial charge < -0.3 is 4.74 Å². The third-order valence-electron chi connectivity index (χ3n) is 1.88. The number of alkyl halides is 1. The first kappa shape index (κ1) is 11.0. The van der Waals surface area contributed by atoms with E-state index in [1.54, 1.807) is 6.20 Å². The van der Waals surface area contributed by atoms with Crippen molar-refractivity contribution in [2.75, 3.05) is 0 Å². The summed E-state index contributed by atoms with van der Waals surface area (Å²) in [7, 11) is 0. The lowest BCUT2D eigenvalue weighted by atomic mass is 9.88. The van der Waals surface area contributed by atoms with E-state index in [4.69, 9.17) is 4.74 Å². The molecule has 14 heavy (non-hydrogen) atoms. The monoisotopic (exact) mass is 197 g/mol. The van der Waals surface area contributed by atoms with E-state index in [2.05, 4.69) is 25.8 Å². The first-order valence-corrected chi connectivity index (χ1v) is 4.66. The normalized spacial score (nSPS) is 13.8. The minimum atomic E-state index is -1.30. The molecule has 0 aromatic carbocycles. The van der Waals surface area contributed by atoms with Crippen molar-refractivity contribution in [2.45, 2.75) is 39.5 Å². The second-order valence-corrected chi connectivity index (χ2v) is 4.32. The van der Waals surface area contributed by atoms with Crippen LogP contribution >= 0.6 is 0 Å². The first-order chi connectivity index (χ1) is 6.39. The molecule has 0 saturated carbocycles. The largest absolute Gasteiger partial charge is 0.459 e. The minimum absolute atomic E-state index is 0.00587. The second kappa shape index (κ2) is 3.95. The van der Waals surface area contributed by atoms with Gasteiger partial charge in [-0.15, -0.1) is 0 Å². The van der Waals surface area contributed by atoms with Crippen LogP contribution in [0.1, 0.15) is 33.3 Å². The number of pyridine rings is 1. The lowest BCUT2D eigenvalue weighted by Crippen LogP contribution is -2.12. The summed E-state index contributed by atoms with van der Waals surface area (Å²) in [5.41, 5.74) is 1.04. The van der Waals surface area contributed by atoms with E-state index in [1.165, 1.54) is 13.1 Å². The van der Waals surface area contributed by atoms with Crippen LogP contribution in [0.3, 0.4) is 0 Å². The second-order valence-electron chi connectivity index (χ2n) is 4.32.